The van der Waals surface area contributed by atoms with Crippen molar-refractivity contribution in [2.75, 3.05) is 32.6 Å². The molecule has 2 aromatic rings. The highest BCUT2D eigenvalue weighted by molar-refractivity contribution is 5.74. The maximum absolute atomic E-state index is 12.3. The van der Waals surface area contributed by atoms with Crippen molar-refractivity contribution in [3.63, 3.8) is 0 Å². The fraction of sp³-hybridized carbons (Fsp3) is 0.368. The Labute approximate surface area is 149 Å². The normalized spacial score (nSPS) is 10.2. The van der Waals surface area contributed by atoms with Crippen LogP contribution in [0.2, 0.25) is 0 Å². The van der Waals surface area contributed by atoms with Crippen LogP contribution in [-0.4, -0.2) is 43.7 Å². The first-order chi connectivity index (χ1) is 12.0. The summed E-state index contributed by atoms with van der Waals surface area (Å²) in [5, 5.41) is 2.91. The summed E-state index contributed by atoms with van der Waals surface area (Å²) in [4.78, 5) is 20.2. The van der Waals surface area contributed by atoms with Gasteiger partial charge in [-0.25, -0.2) is 9.78 Å². The van der Waals surface area contributed by atoms with Crippen molar-refractivity contribution in [1.82, 2.24) is 15.2 Å². The number of hydrogen-bond donors (Lipinski definition) is 1. The first-order valence-corrected chi connectivity index (χ1v) is 8.33. The Morgan fingerprint density at radius 1 is 1.16 bits per heavy atom. The number of ether oxygens (including phenoxy) is 1. The summed E-state index contributed by atoms with van der Waals surface area (Å²) in [7, 11) is 5.79. The molecular formula is C19H26N4O2. The van der Waals surface area contributed by atoms with E-state index >= 15 is 0 Å². The zero-order valence-electron chi connectivity index (χ0n) is 15.3. The molecule has 1 heterocycles. The quantitative estimate of drug-likeness (QED) is 0.840. The number of rotatable bonds is 7. The fourth-order valence-electron chi connectivity index (χ4n) is 2.38. The largest absolute Gasteiger partial charge is 0.478 e. The molecule has 1 N–H and O–H groups in total. The maximum Gasteiger partial charge on any atom is 0.317 e. The number of carbonyl (C=O) groups is 1. The number of pyridine rings is 1. The van der Waals surface area contributed by atoms with Gasteiger partial charge in [-0.15, -0.1) is 0 Å². The Balaban J connectivity index is 1.90. The lowest BCUT2D eigenvalue weighted by atomic mass is 10.2. The maximum atomic E-state index is 12.3. The van der Waals surface area contributed by atoms with Gasteiger partial charge in [0.2, 0.25) is 5.88 Å². The van der Waals surface area contributed by atoms with Crippen LogP contribution >= 0.6 is 0 Å². The highest BCUT2D eigenvalue weighted by Crippen LogP contribution is 2.15. The summed E-state index contributed by atoms with van der Waals surface area (Å²) in [6.45, 7) is 3.38. The number of anilines is 1. The summed E-state index contributed by atoms with van der Waals surface area (Å²) >= 11 is 0. The van der Waals surface area contributed by atoms with Gasteiger partial charge in [-0.1, -0.05) is 18.2 Å². The SMILES string of the molecule is CCOc1ncccc1CNC(=O)N(C)Cc1ccc(N(C)C)cc1. The van der Waals surface area contributed by atoms with Crippen LogP contribution in [0.5, 0.6) is 5.88 Å². The second kappa shape index (κ2) is 8.92. The van der Waals surface area contributed by atoms with Gasteiger partial charge in [0.25, 0.3) is 0 Å². The Kier molecular flexibility index (Phi) is 6.62. The summed E-state index contributed by atoms with van der Waals surface area (Å²) in [6, 6.07) is 11.8. The first kappa shape index (κ1) is 18.6. The zero-order valence-corrected chi connectivity index (χ0v) is 15.3. The van der Waals surface area contributed by atoms with E-state index in [-0.39, 0.29) is 6.03 Å². The molecule has 0 atom stereocenters. The predicted molar refractivity (Wildman–Crippen MR) is 99.9 cm³/mol. The molecule has 0 unspecified atom stereocenters. The Hall–Kier alpha value is -2.76. The van der Waals surface area contributed by atoms with Crippen LogP contribution < -0.4 is 15.0 Å². The van der Waals surface area contributed by atoms with Crippen molar-refractivity contribution in [3.05, 3.63) is 53.7 Å². The Morgan fingerprint density at radius 3 is 2.52 bits per heavy atom. The molecule has 0 bridgehead atoms. The zero-order chi connectivity index (χ0) is 18.2. The van der Waals surface area contributed by atoms with E-state index in [4.69, 9.17) is 4.74 Å². The third-order valence-corrected chi connectivity index (χ3v) is 3.78. The van der Waals surface area contributed by atoms with E-state index < -0.39 is 0 Å². The number of urea groups is 1. The molecule has 0 aliphatic rings. The topological polar surface area (TPSA) is 57.7 Å². The van der Waals surface area contributed by atoms with Crippen molar-refractivity contribution in [3.8, 4) is 5.88 Å². The highest BCUT2D eigenvalue weighted by atomic mass is 16.5. The predicted octanol–water partition coefficient (Wildman–Crippen LogP) is 2.89. The van der Waals surface area contributed by atoms with E-state index in [1.807, 2.05) is 62.3 Å². The number of hydrogen-bond acceptors (Lipinski definition) is 4. The van der Waals surface area contributed by atoms with Crippen molar-refractivity contribution in [2.24, 2.45) is 0 Å². The number of amides is 2. The minimum Gasteiger partial charge on any atom is -0.478 e. The molecule has 6 heteroatoms. The minimum absolute atomic E-state index is 0.136. The van der Waals surface area contributed by atoms with E-state index in [0.717, 1.165) is 16.8 Å². The summed E-state index contributed by atoms with van der Waals surface area (Å²) < 4.78 is 5.48. The van der Waals surface area contributed by atoms with Crippen LogP contribution in [-0.2, 0) is 13.1 Å². The lowest BCUT2D eigenvalue weighted by Gasteiger charge is -2.19. The smallest absolute Gasteiger partial charge is 0.317 e. The lowest BCUT2D eigenvalue weighted by Crippen LogP contribution is -2.36. The average Bonchev–Trinajstić information content (AvgIpc) is 2.61. The molecule has 1 aromatic carbocycles. The second-order valence-corrected chi connectivity index (χ2v) is 5.98. The van der Waals surface area contributed by atoms with Gasteiger partial charge >= 0.3 is 6.03 Å². The van der Waals surface area contributed by atoms with E-state index in [2.05, 4.69) is 10.3 Å². The van der Waals surface area contributed by atoms with E-state index in [1.165, 1.54) is 0 Å². The minimum atomic E-state index is -0.136. The molecule has 134 valence electrons. The van der Waals surface area contributed by atoms with Gasteiger partial charge in [0.15, 0.2) is 0 Å². The van der Waals surface area contributed by atoms with Crippen molar-refractivity contribution < 1.29 is 9.53 Å². The van der Waals surface area contributed by atoms with E-state index in [0.29, 0.717) is 25.6 Å². The van der Waals surface area contributed by atoms with Crippen LogP contribution in [0.4, 0.5) is 10.5 Å². The Morgan fingerprint density at radius 2 is 1.88 bits per heavy atom. The van der Waals surface area contributed by atoms with Gasteiger partial charge < -0.3 is 19.9 Å². The lowest BCUT2D eigenvalue weighted by molar-refractivity contribution is 0.206. The first-order valence-electron chi connectivity index (χ1n) is 8.33. The summed E-state index contributed by atoms with van der Waals surface area (Å²) in [5.41, 5.74) is 3.08. The molecule has 0 fully saturated rings. The van der Waals surface area contributed by atoms with Crippen molar-refractivity contribution in [2.45, 2.75) is 20.0 Å². The number of nitrogens with one attached hydrogen (secondary N) is 1. The van der Waals surface area contributed by atoms with Gasteiger partial charge in [-0.05, 0) is 30.7 Å². The molecule has 2 rings (SSSR count). The average molecular weight is 342 g/mol. The van der Waals surface area contributed by atoms with Crippen LogP contribution in [0.15, 0.2) is 42.6 Å². The second-order valence-electron chi connectivity index (χ2n) is 5.98. The molecule has 0 spiro atoms. The number of carbonyl (C=O) groups excluding carboxylic acids is 1. The van der Waals surface area contributed by atoms with E-state index in [9.17, 15) is 4.79 Å². The van der Waals surface area contributed by atoms with Crippen molar-refractivity contribution >= 4 is 11.7 Å². The molecule has 0 saturated carbocycles. The molecule has 0 saturated heterocycles. The highest BCUT2D eigenvalue weighted by Gasteiger charge is 2.11. The number of benzene rings is 1. The van der Waals surface area contributed by atoms with E-state index in [1.54, 1.807) is 18.1 Å². The third-order valence-electron chi connectivity index (χ3n) is 3.78. The number of aromatic nitrogens is 1. The van der Waals surface area contributed by atoms with Gasteiger partial charge in [0, 0.05) is 51.7 Å². The molecule has 0 aliphatic carbocycles. The fourth-order valence-corrected chi connectivity index (χ4v) is 2.38. The monoisotopic (exact) mass is 342 g/mol. The molecule has 2 amide bonds. The molecule has 25 heavy (non-hydrogen) atoms. The molecule has 0 aliphatic heterocycles. The van der Waals surface area contributed by atoms with Crippen LogP contribution in [0.25, 0.3) is 0 Å². The molecule has 0 radical (unpaired) electrons. The number of nitrogens with zero attached hydrogens (tertiary/aromatic N) is 3. The standard InChI is InChI=1S/C19H26N4O2/c1-5-25-18-16(7-6-12-20-18)13-21-19(24)23(4)14-15-8-10-17(11-9-15)22(2)3/h6-12H,5,13-14H2,1-4H3,(H,21,24). The molecular weight excluding hydrogens is 316 g/mol. The van der Waals surface area contributed by atoms with Crippen LogP contribution in [0.1, 0.15) is 18.1 Å². The van der Waals surface area contributed by atoms with Gasteiger partial charge in [-0.2, -0.15) is 0 Å². The Bertz CT molecular complexity index is 686. The molecule has 1 aromatic heterocycles. The summed E-state index contributed by atoms with van der Waals surface area (Å²) in [6.07, 6.45) is 1.68. The molecule has 6 nitrogen and oxygen atoms in total. The van der Waals surface area contributed by atoms with Crippen LogP contribution in [0.3, 0.4) is 0 Å². The van der Waals surface area contributed by atoms with Crippen molar-refractivity contribution in [1.29, 1.82) is 0 Å². The van der Waals surface area contributed by atoms with Gasteiger partial charge in [-0.3, -0.25) is 0 Å². The van der Waals surface area contributed by atoms with Gasteiger partial charge in [0.05, 0.1) is 6.61 Å². The third kappa shape index (κ3) is 5.38. The summed E-state index contributed by atoms with van der Waals surface area (Å²) in [5.74, 6) is 0.562. The van der Waals surface area contributed by atoms with Gasteiger partial charge in [0.1, 0.15) is 0 Å². The van der Waals surface area contributed by atoms with Crippen LogP contribution in [0, 0.1) is 0 Å².